The quantitative estimate of drug-likeness (QED) is 0.926. The van der Waals surface area contributed by atoms with Crippen LogP contribution < -0.4 is 10.5 Å². The molecule has 21 heavy (non-hydrogen) atoms. The molecule has 1 aliphatic heterocycles. The van der Waals surface area contributed by atoms with E-state index in [1.54, 1.807) is 0 Å². The third-order valence-electron chi connectivity index (χ3n) is 4.40. The largest absolute Gasteiger partial charge is 0.493 e. The van der Waals surface area contributed by atoms with Crippen LogP contribution in [0, 0.1) is 6.92 Å². The van der Waals surface area contributed by atoms with Gasteiger partial charge in [0.2, 0.25) is 0 Å². The number of rotatable bonds is 4. The molecule has 0 fully saturated rings. The molecule has 2 aromatic carbocycles. The van der Waals surface area contributed by atoms with Gasteiger partial charge in [-0.2, -0.15) is 0 Å². The fourth-order valence-corrected chi connectivity index (χ4v) is 2.88. The molecule has 0 aromatic heterocycles. The Kier molecular flexibility index (Phi) is 3.73. The maximum Gasteiger partial charge on any atom is 0.122 e. The molecule has 2 N–H and O–H groups in total. The van der Waals surface area contributed by atoms with Gasteiger partial charge in [0, 0.05) is 12.0 Å². The van der Waals surface area contributed by atoms with E-state index in [4.69, 9.17) is 10.5 Å². The van der Waals surface area contributed by atoms with Crippen molar-refractivity contribution in [3.8, 4) is 5.75 Å². The Labute approximate surface area is 126 Å². The van der Waals surface area contributed by atoms with E-state index in [2.05, 4.69) is 56.3 Å². The van der Waals surface area contributed by atoms with E-state index >= 15 is 0 Å². The lowest BCUT2D eigenvalue weighted by Crippen LogP contribution is -2.33. The Morgan fingerprint density at radius 3 is 2.67 bits per heavy atom. The van der Waals surface area contributed by atoms with Gasteiger partial charge in [0.05, 0.1) is 6.61 Å². The fourth-order valence-electron chi connectivity index (χ4n) is 2.88. The summed E-state index contributed by atoms with van der Waals surface area (Å²) in [7, 11) is 0. The molecule has 0 spiro atoms. The lowest BCUT2D eigenvalue weighted by molar-refractivity contribution is 0.357. The highest BCUT2D eigenvalue weighted by Gasteiger charge is 2.21. The zero-order valence-electron chi connectivity index (χ0n) is 12.9. The topological polar surface area (TPSA) is 35.2 Å². The molecule has 0 bridgehead atoms. The standard InChI is InChI=1S/C19H23NO/c1-14-3-6-17(7-4-14)19(2,20)11-9-15-5-8-18-16(13-15)10-12-21-18/h3-8,13H,9-12,20H2,1-2H3. The minimum atomic E-state index is -0.288. The van der Waals surface area contributed by atoms with Crippen LogP contribution in [0.5, 0.6) is 5.75 Å². The van der Waals surface area contributed by atoms with Crippen molar-refractivity contribution in [3.05, 3.63) is 64.7 Å². The van der Waals surface area contributed by atoms with E-state index in [0.29, 0.717) is 0 Å². The minimum Gasteiger partial charge on any atom is -0.493 e. The van der Waals surface area contributed by atoms with E-state index in [9.17, 15) is 0 Å². The van der Waals surface area contributed by atoms with Crippen molar-refractivity contribution >= 4 is 0 Å². The van der Waals surface area contributed by atoms with Crippen LogP contribution >= 0.6 is 0 Å². The van der Waals surface area contributed by atoms with Gasteiger partial charge in [0.1, 0.15) is 5.75 Å². The van der Waals surface area contributed by atoms with Crippen LogP contribution in [0.2, 0.25) is 0 Å². The van der Waals surface area contributed by atoms with Gasteiger partial charge < -0.3 is 10.5 Å². The molecule has 0 radical (unpaired) electrons. The van der Waals surface area contributed by atoms with Gasteiger partial charge in [-0.05, 0) is 49.4 Å². The highest BCUT2D eigenvalue weighted by molar-refractivity contribution is 5.40. The van der Waals surface area contributed by atoms with Crippen molar-refractivity contribution in [2.24, 2.45) is 5.73 Å². The van der Waals surface area contributed by atoms with Crippen molar-refractivity contribution in [2.45, 2.75) is 38.6 Å². The van der Waals surface area contributed by atoms with Crippen molar-refractivity contribution < 1.29 is 4.74 Å². The first kappa shape index (κ1) is 14.2. The zero-order chi connectivity index (χ0) is 14.9. The van der Waals surface area contributed by atoms with Crippen molar-refractivity contribution in [3.63, 3.8) is 0 Å². The molecule has 3 rings (SSSR count). The molecule has 2 aromatic rings. The number of hydrogen-bond donors (Lipinski definition) is 1. The van der Waals surface area contributed by atoms with Crippen LogP contribution in [-0.4, -0.2) is 6.61 Å². The van der Waals surface area contributed by atoms with Crippen LogP contribution in [0.4, 0.5) is 0 Å². The molecule has 0 amide bonds. The number of ether oxygens (including phenoxy) is 1. The molecule has 0 saturated carbocycles. The molecule has 0 saturated heterocycles. The summed E-state index contributed by atoms with van der Waals surface area (Å²) >= 11 is 0. The first-order valence-corrected chi connectivity index (χ1v) is 7.65. The maximum absolute atomic E-state index is 6.52. The molecule has 1 atom stereocenters. The predicted molar refractivity (Wildman–Crippen MR) is 86.7 cm³/mol. The van der Waals surface area contributed by atoms with E-state index in [1.165, 1.54) is 22.3 Å². The Hall–Kier alpha value is -1.80. The Morgan fingerprint density at radius 1 is 1.14 bits per heavy atom. The number of hydrogen-bond acceptors (Lipinski definition) is 2. The van der Waals surface area contributed by atoms with Gasteiger partial charge in [0.15, 0.2) is 0 Å². The molecular weight excluding hydrogens is 258 g/mol. The summed E-state index contributed by atoms with van der Waals surface area (Å²) in [5.41, 5.74) is 11.4. The van der Waals surface area contributed by atoms with E-state index in [0.717, 1.165) is 31.6 Å². The third-order valence-corrected chi connectivity index (χ3v) is 4.40. The fraction of sp³-hybridized carbons (Fsp3) is 0.368. The average Bonchev–Trinajstić information content (AvgIpc) is 2.93. The Morgan fingerprint density at radius 2 is 1.90 bits per heavy atom. The van der Waals surface area contributed by atoms with Gasteiger partial charge in [-0.15, -0.1) is 0 Å². The zero-order valence-corrected chi connectivity index (χ0v) is 12.9. The monoisotopic (exact) mass is 281 g/mol. The molecule has 1 aliphatic rings. The number of aryl methyl sites for hydroxylation is 2. The summed E-state index contributed by atoms with van der Waals surface area (Å²) in [5.74, 6) is 1.05. The normalized spacial score (nSPS) is 16.1. The summed E-state index contributed by atoms with van der Waals surface area (Å²) in [4.78, 5) is 0. The van der Waals surface area contributed by atoms with Crippen molar-refractivity contribution in [1.29, 1.82) is 0 Å². The van der Waals surface area contributed by atoms with Crippen LogP contribution in [0.1, 0.15) is 35.6 Å². The van der Waals surface area contributed by atoms with Crippen LogP contribution in [0.25, 0.3) is 0 Å². The van der Waals surface area contributed by atoms with E-state index in [-0.39, 0.29) is 5.54 Å². The third kappa shape index (κ3) is 3.11. The highest BCUT2D eigenvalue weighted by Crippen LogP contribution is 2.28. The second-order valence-electron chi connectivity index (χ2n) is 6.32. The second-order valence-corrected chi connectivity index (χ2v) is 6.32. The molecule has 2 nitrogen and oxygen atoms in total. The van der Waals surface area contributed by atoms with Crippen LogP contribution in [-0.2, 0) is 18.4 Å². The smallest absolute Gasteiger partial charge is 0.122 e. The molecule has 1 unspecified atom stereocenters. The van der Waals surface area contributed by atoms with Gasteiger partial charge in [-0.3, -0.25) is 0 Å². The summed E-state index contributed by atoms with van der Waals surface area (Å²) in [6.07, 6.45) is 2.96. The molecule has 0 aliphatic carbocycles. The lowest BCUT2D eigenvalue weighted by atomic mass is 9.86. The van der Waals surface area contributed by atoms with Gasteiger partial charge in [-0.25, -0.2) is 0 Å². The van der Waals surface area contributed by atoms with Crippen molar-refractivity contribution in [1.82, 2.24) is 0 Å². The maximum atomic E-state index is 6.52. The lowest BCUT2D eigenvalue weighted by Gasteiger charge is -2.25. The van der Waals surface area contributed by atoms with E-state index in [1.807, 2.05) is 0 Å². The SMILES string of the molecule is Cc1ccc(C(C)(N)CCc2ccc3c(c2)CCO3)cc1. The van der Waals surface area contributed by atoms with Gasteiger partial charge in [0.25, 0.3) is 0 Å². The first-order chi connectivity index (χ1) is 10.0. The molecule has 1 heterocycles. The van der Waals surface area contributed by atoms with E-state index < -0.39 is 0 Å². The predicted octanol–water partition coefficient (Wildman–Crippen LogP) is 3.74. The first-order valence-electron chi connectivity index (χ1n) is 7.65. The van der Waals surface area contributed by atoms with Crippen LogP contribution in [0.15, 0.2) is 42.5 Å². The van der Waals surface area contributed by atoms with Gasteiger partial charge in [-0.1, -0.05) is 42.0 Å². The molecule has 110 valence electrons. The summed E-state index contributed by atoms with van der Waals surface area (Å²) in [5, 5.41) is 0. The summed E-state index contributed by atoms with van der Waals surface area (Å²) in [6, 6.07) is 15.1. The number of benzene rings is 2. The number of fused-ring (bicyclic) bond motifs is 1. The summed E-state index contributed by atoms with van der Waals surface area (Å²) in [6.45, 7) is 5.04. The summed E-state index contributed by atoms with van der Waals surface area (Å²) < 4.78 is 5.55. The molecular formula is C19H23NO. The number of nitrogens with two attached hydrogens (primary N) is 1. The van der Waals surface area contributed by atoms with Gasteiger partial charge >= 0.3 is 0 Å². The molecule has 2 heteroatoms. The minimum absolute atomic E-state index is 0.288. The van der Waals surface area contributed by atoms with Crippen molar-refractivity contribution in [2.75, 3.05) is 6.61 Å². The highest BCUT2D eigenvalue weighted by atomic mass is 16.5. The second kappa shape index (κ2) is 5.53. The average molecular weight is 281 g/mol. The Balaban J connectivity index is 1.70. The Bertz CT molecular complexity index is 629. The van der Waals surface area contributed by atoms with Crippen LogP contribution in [0.3, 0.4) is 0 Å².